The monoisotopic (exact) mass is 365 g/mol. The largest absolute Gasteiger partial charge is 0.493 e. The lowest BCUT2D eigenvalue weighted by Crippen LogP contribution is -2.42. The fraction of sp³-hybridized carbons (Fsp3) is 0.579. The maximum atomic E-state index is 12.8. The molecular formula is C19H27NO6. The second-order valence-electron chi connectivity index (χ2n) is 6.29. The highest BCUT2D eigenvalue weighted by Gasteiger charge is 2.34. The van der Waals surface area contributed by atoms with E-state index in [-0.39, 0.29) is 30.8 Å². The maximum absolute atomic E-state index is 12.8. The molecule has 0 radical (unpaired) electrons. The van der Waals surface area contributed by atoms with E-state index in [1.807, 2.05) is 19.1 Å². The number of esters is 1. The Morgan fingerprint density at radius 3 is 2.38 bits per heavy atom. The van der Waals surface area contributed by atoms with E-state index in [0.717, 1.165) is 11.1 Å². The van der Waals surface area contributed by atoms with Gasteiger partial charge in [-0.15, -0.1) is 0 Å². The molecule has 1 amide bonds. The number of fused-ring (bicyclic) bond motifs is 1. The zero-order valence-corrected chi connectivity index (χ0v) is 16.0. The number of amides is 1. The summed E-state index contributed by atoms with van der Waals surface area (Å²) >= 11 is 0. The van der Waals surface area contributed by atoms with Crippen molar-refractivity contribution in [1.29, 1.82) is 0 Å². The van der Waals surface area contributed by atoms with Gasteiger partial charge in [0.25, 0.3) is 0 Å². The van der Waals surface area contributed by atoms with E-state index in [0.29, 0.717) is 24.5 Å². The number of rotatable bonds is 7. The van der Waals surface area contributed by atoms with Crippen LogP contribution in [0.4, 0.5) is 0 Å². The molecule has 0 N–H and O–H groups in total. The van der Waals surface area contributed by atoms with Crippen molar-refractivity contribution >= 4 is 11.9 Å². The molecule has 0 saturated heterocycles. The van der Waals surface area contributed by atoms with Gasteiger partial charge in [-0.1, -0.05) is 0 Å². The molecule has 1 aliphatic rings. The Bertz CT molecular complexity index is 660. The van der Waals surface area contributed by atoms with Crippen LogP contribution in [0.5, 0.6) is 11.5 Å². The Morgan fingerprint density at radius 1 is 1.15 bits per heavy atom. The van der Waals surface area contributed by atoms with Crippen molar-refractivity contribution in [3.05, 3.63) is 23.3 Å². The quantitative estimate of drug-likeness (QED) is 0.689. The first kappa shape index (κ1) is 20.0. The van der Waals surface area contributed by atoms with E-state index in [2.05, 4.69) is 0 Å². The summed E-state index contributed by atoms with van der Waals surface area (Å²) in [6, 6.07) is 3.36. The molecule has 1 heterocycles. The molecule has 2 atom stereocenters. The molecule has 2 unspecified atom stereocenters. The van der Waals surface area contributed by atoms with Crippen molar-refractivity contribution in [2.24, 2.45) is 0 Å². The van der Waals surface area contributed by atoms with Crippen LogP contribution in [-0.4, -0.2) is 57.9 Å². The average molecular weight is 365 g/mol. The van der Waals surface area contributed by atoms with E-state index in [1.165, 1.54) is 7.11 Å². The number of ether oxygens (including phenoxy) is 4. The highest BCUT2D eigenvalue weighted by Crippen LogP contribution is 2.39. The third-order valence-corrected chi connectivity index (χ3v) is 4.78. The summed E-state index contributed by atoms with van der Waals surface area (Å²) < 4.78 is 20.8. The van der Waals surface area contributed by atoms with Crippen LogP contribution in [0.1, 0.15) is 36.9 Å². The minimum absolute atomic E-state index is 0.0475. The van der Waals surface area contributed by atoms with Crippen molar-refractivity contribution in [1.82, 2.24) is 4.90 Å². The van der Waals surface area contributed by atoms with E-state index < -0.39 is 6.04 Å². The lowest BCUT2D eigenvalue weighted by molar-refractivity contribution is -0.144. The third kappa shape index (κ3) is 4.27. The Hall–Kier alpha value is -2.28. The predicted molar refractivity (Wildman–Crippen MR) is 95.4 cm³/mol. The van der Waals surface area contributed by atoms with E-state index in [1.54, 1.807) is 26.2 Å². The third-order valence-electron chi connectivity index (χ3n) is 4.78. The second-order valence-corrected chi connectivity index (χ2v) is 6.29. The molecule has 1 aromatic carbocycles. The standard InChI is InChI=1S/C19H27NO6/c1-12(23-2)8-18(21)20-7-6-13-9-16(24-3)17(25-4)10-14(13)15(20)11-19(22)26-5/h9-10,12,15H,6-8,11H2,1-5H3. The van der Waals surface area contributed by atoms with Gasteiger partial charge in [0.15, 0.2) is 11.5 Å². The van der Waals surface area contributed by atoms with Crippen molar-refractivity contribution in [3.63, 3.8) is 0 Å². The molecule has 144 valence electrons. The molecule has 0 fully saturated rings. The fourth-order valence-corrected chi connectivity index (χ4v) is 3.23. The molecule has 0 saturated carbocycles. The molecule has 1 aliphatic heterocycles. The van der Waals surface area contributed by atoms with Gasteiger partial charge in [-0.2, -0.15) is 0 Å². The Morgan fingerprint density at radius 2 is 1.81 bits per heavy atom. The fourth-order valence-electron chi connectivity index (χ4n) is 3.23. The molecule has 0 bridgehead atoms. The van der Waals surface area contributed by atoms with Crippen molar-refractivity contribution in [2.45, 2.75) is 38.3 Å². The summed E-state index contributed by atoms with van der Waals surface area (Å²) in [5, 5.41) is 0. The first-order valence-electron chi connectivity index (χ1n) is 8.59. The summed E-state index contributed by atoms with van der Waals surface area (Å²) in [5.74, 6) is 0.792. The molecule has 7 nitrogen and oxygen atoms in total. The number of carbonyl (C=O) groups is 2. The summed E-state index contributed by atoms with van der Waals surface area (Å²) in [7, 11) is 6.07. The maximum Gasteiger partial charge on any atom is 0.307 e. The van der Waals surface area contributed by atoms with Crippen LogP contribution < -0.4 is 9.47 Å². The van der Waals surface area contributed by atoms with Gasteiger partial charge in [0, 0.05) is 13.7 Å². The van der Waals surface area contributed by atoms with Crippen LogP contribution in [0.15, 0.2) is 12.1 Å². The van der Waals surface area contributed by atoms with Crippen molar-refractivity contribution < 1.29 is 28.5 Å². The summed E-state index contributed by atoms with van der Waals surface area (Å²) in [6.45, 7) is 2.37. The van der Waals surface area contributed by atoms with Crippen LogP contribution >= 0.6 is 0 Å². The molecule has 0 aliphatic carbocycles. The first-order chi connectivity index (χ1) is 12.4. The number of nitrogens with zero attached hydrogens (tertiary/aromatic N) is 1. The van der Waals surface area contributed by atoms with Crippen LogP contribution in [0.2, 0.25) is 0 Å². The SMILES string of the molecule is COC(=O)CC1c2cc(OC)c(OC)cc2CCN1C(=O)CC(C)OC. The van der Waals surface area contributed by atoms with Crippen molar-refractivity contribution in [3.8, 4) is 11.5 Å². The number of hydrogen-bond acceptors (Lipinski definition) is 6. The van der Waals surface area contributed by atoms with Gasteiger partial charge in [0.05, 0.1) is 46.3 Å². The normalized spacial score (nSPS) is 17.3. The predicted octanol–water partition coefficient (Wildman–Crippen LogP) is 2.12. The van der Waals surface area contributed by atoms with Gasteiger partial charge in [-0.25, -0.2) is 0 Å². The lowest BCUT2D eigenvalue weighted by Gasteiger charge is -2.37. The van der Waals surface area contributed by atoms with Crippen LogP contribution in [0.25, 0.3) is 0 Å². The highest BCUT2D eigenvalue weighted by molar-refractivity contribution is 5.79. The molecule has 0 aromatic heterocycles. The zero-order valence-electron chi connectivity index (χ0n) is 16.0. The van der Waals surface area contributed by atoms with E-state index in [4.69, 9.17) is 18.9 Å². The van der Waals surface area contributed by atoms with Gasteiger partial charge in [0.2, 0.25) is 5.91 Å². The Kier molecular flexibility index (Phi) is 6.85. The van der Waals surface area contributed by atoms with Gasteiger partial charge in [0.1, 0.15) is 0 Å². The molecular weight excluding hydrogens is 338 g/mol. The minimum Gasteiger partial charge on any atom is -0.493 e. The lowest BCUT2D eigenvalue weighted by atomic mass is 9.89. The van der Waals surface area contributed by atoms with Gasteiger partial charge < -0.3 is 23.8 Å². The molecule has 2 rings (SSSR count). The Balaban J connectivity index is 2.41. The second kappa shape index (κ2) is 8.89. The molecule has 1 aromatic rings. The molecule has 0 spiro atoms. The molecule has 26 heavy (non-hydrogen) atoms. The van der Waals surface area contributed by atoms with Gasteiger partial charge >= 0.3 is 5.97 Å². The number of hydrogen-bond donors (Lipinski definition) is 0. The number of benzene rings is 1. The minimum atomic E-state index is -0.400. The highest BCUT2D eigenvalue weighted by atomic mass is 16.5. The van der Waals surface area contributed by atoms with E-state index >= 15 is 0 Å². The smallest absolute Gasteiger partial charge is 0.307 e. The summed E-state index contributed by atoms with van der Waals surface area (Å²) in [5.41, 5.74) is 1.93. The zero-order chi connectivity index (χ0) is 19.3. The number of methoxy groups -OCH3 is 4. The number of carbonyl (C=O) groups excluding carboxylic acids is 2. The van der Waals surface area contributed by atoms with Crippen LogP contribution in [0, 0.1) is 0 Å². The van der Waals surface area contributed by atoms with E-state index in [9.17, 15) is 9.59 Å². The van der Waals surface area contributed by atoms with Crippen LogP contribution in [0.3, 0.4) is 0 Å². The topological polar surface area (TPSA) is 74.3 Å². The first-order valence-corrected chi connectivity index (χ1v) is 8.59. The van der Waals surface area contributed by atoms with Crippen molar-refractivity contribution in [2.75, 3.05) is 35.0 Å². The summed E-state index contributed by atoms with van der Waals surface area (Å²) in [6.07, 6.45) is 0.844. The Labute approximate surface area is 154 Å². The summed E-state index contributed by atoms with van der Waals surface area (Å²) in [4.78, 5) is 26.5. The van der Waals surface area contributed by atoms with Gasteiger partial charge in [-0.3, -0.25) is 9.59 Å². The average Bonchev–Trinajstić information content (AvgIpc) is 2.66. The van der Waals surface area contributed by atoms with Gasteiger partial charge in [-0.05, 0) is 36.6 Å². The van der Waals surface area contributed by atoms with Crippen LogP contribution in [-0.2, 0) is 25.5 Å². The molecule has 7 heteroatoms.